The van der Waals surface area contributed by atoms with Gasteiger partial charge in [-0.1, -0.05) is 12.1 Å². The minimum absolute atomic E-state index is 0.00912. The van der Waals surface area contributed by atoms with E-state index in [0.29, 0.717) is 5.69 Å². The first kappa shape index (κ1) is 14.2. The fourth-order valence-corrected chi connectivity index (χ4v) is 1.58. The predicted molar refractivity (Wildman–Crippen MR) is 75.7 cm³/mol. The van der Waals surface area contributed by atoms with Crippen molar-refractivity contribution >= 4 is 11.6 Å². The Balaban J connectivity index is 2.08. The first-order valence-corrected chi connectivity index (χ1v) is 6.33. The molecule has 0 atom stereocenters. The Labute approximate surface area is 117 Å². The number of nitrogens with zero attached hydrogens (tertiary/aromatic N) is 3. The molecule has 0 spiro atoms. The largest absolute Gasteiger partial charge is 0.366 e. The van der Waals surface area contributed by atoms with Crippen molar-refractivity contribution in [3.8, 4) is 5.69 Å². The summed E-state index contributed by atoms with van der Waals surface area (Å²) in [5.41, 5.74) is 1.08. The van der Waals surface area contributed by atoms with Crippen LogP contribution in [0.15, 0.2) is 36.9 Å². The summed E-state index contributed by atoms with van der Waals surface area (Å²) in [6.07, 6.45) is 3.03. The van der Waals surface area contributed by atoms with Crippen LogP contribution < -0.4 is 5.32 Å². The predicted octanol–water partition coefficient (Wildman–Crippen LogP) is 2.02. The third-order valence-electron chi connectivity index (χ3n) is 2.48. The lowest BCUT2D eigenvalue weighted by atomic mass is 10.2. The molecular weight excluding hydrogens is 256 g/mol. The molecule has 6 heteroatoms. The van der Waals surface area contributed by atoms with Crippen LogP contribution in [0.3, 0.4) is 0 Å². The highest BCUT2D eigenvalue weighted by Crippen LogP contribution is 2.18. The lowest BCUT2D eigenvalue weighted by Crippen LogP contribution is -2.27. The number of ether oxygens (including phenoxy) is 1. The minimum atomic E-state index is -0.344. The number of carbonyl (C=O) groups is 1. The molecule has 6 nitrogen and oxygen atoms in total. The zero-order chi connectivity index (χ0) is 14.6. The van der Waals surface area contributed by atoms with Gasteiger partial charge in [0.1, 0.15) is 19.3 Å². The number of benzene rings is 1. The molecule has 0 bridgehead atoms. The van der Waals surface area contributed by atoms with Crippen molar-refractivity contribution in [3.05, 3.63) is 36.9 Å². The molecule has 0 aliphatic carbocycles. The van der Waals surface area contributed by atoms with Gasteiger partial charge in [0.25, 0.3) is 0 Å². The van der Waals surface area contributed by atoms with Gasteiger partial charge in [0.15, 0.2) is 0 Å². The van der Waals surface area contributed by atoms with E-state index in [1.165, 1.54) is 6.33 Å². The number of amides is 1. The smallest absolute Gasteiger partial charge is 0.250 e. The summed E-state index contributed by atoms with van der Waals surface area (Å²) in [7, 11) is 0. The van der Waals surface area contributed by atoms with Gasteiger partial charge in [-0.3, -0.25) is 4.79 Å². The highest BCUT2D eigenvalue weighted by Gasteiger charge is 2.14. The van der Waals surface area contributed by atoms with Crippen LogP contribution in [0.5, 0.6) is 0 Å². The summed E-state index contributed by atoms with van der Waals surface area (Å²) < 4.78 is 7.04. The number of hydrogen-bond donors (Lipinski definition) is 1. The van der Waals surface area contributed by atoms with Gasteiger partial charge in [-0.15, -0.1) is 0 Å². The third kappa shape index (κ3) is 3.89. The maximum Gasteiger partial charge on any atom is 0.250 e. The summed E-state index contributed by atoms with van der Waals surface area (Å²) in [5.74, 6) is -0.201. The maximum atomic E-state index is 11.9. The normalized spacial score (nSPS) is 11.3. The van der Waals surface area contributed by atoms with Gasteiger partial charge in [-0.25, -0.2) is 9.67 Å². The number of rotatable bonds is 4. The molecule has 0 aliphatic rings. The van der Waals surface area contributed by atoms with Gasteiger partial charge < -0.3 is 10.1 Å². The molecule has 0 saturated heterocycles. The number of carbonyl (C=O) groups excluding carboxylic acids is 1. The van der Waals surface area contributed by atoms with Gasteiger partial charge in [-0.05, 0) is 32.9 Å². The number of anilines is 1. The molecule has 20 heavy (non-hydrogen) atoms. The Kier molecular flexibility index (Phi) is 4.14. The van der Waals surface area contributed by atoms with E-state index in [9.17, 15) is 4.79 Å². The summed E-state index contributed by atoms with van der Waals surface area (Å²) in [4.78, 5) is 15.8. The van der Waals surface area contributed by atoms with Crippen LogP contribution in [-0.4, -0.2) is 32.9 Å². The second-order valence-electron chi connectivity index (χ2n) is 5.31. The average Bonchev–Trinajstić information content (AvgIpc) is 2.90. The SMILES string of the molecule is CC(C)(C)OCC(=O)Nc1ccccc1-n1cncn1. The monoisotopic (exact) mass is 274 g/mol. The van der Waals surface area contributed by atoms with E-state index >= 15 is 0 Å². The Morgan fingerprint density at radius 2 is 2.10 bits per heavy atom. The standard InChI is InChI=1S/C14H18N4O2/c1-14(2,3)20-8-13(19)17-11-6-4-5-7-12(11)18-10-15-9-16-18/h4-7,9-10H,8H2,1-3H3,(H,17,19). The maximum absolute atomic E-state index is 11.9. The molecule has 1 aromatic heterocycles. The molecule has 2 aromatic rings. The van der Waals surface area contributed by atoms with Gasteiger partial charge in [0.05, 0.1) is 17.0 Å². The summed E-state index contributed by atoms with van der Waals surface area (Å²) in [6.45, 7) is 5.73. The number of hydrogen-bond acceptors (Lipinski definition) is 4. The van der Waals surface area contributed by atoms with Gasteiger partial charge in [0, 0.05) is 0 Å². The van der Waals surface area contributed by atoms with Crippen LogP contribution in [-0.2, 0) is 9.53 Å². The fourth-order valence-electron chi connectivity index (χ4n) is 1.58. The van der Waals surface area contributed by atoms with Gasteiger partial charge >= 0.3 is 0 Å². The highest BCUT2D eigenvalue weighted by molar-refractivity contribution is 5.93. The Bertz CT molecular complexity index is 573. The lowest BCUT2D eigenvalue weighted by Gasteiger charge is -2.19. The first-order valence-electron chi connectivity index (χ1n) is 6.33. The fraction of sp³-hybridized carbons (Fsp3) is 0.357. The molecule has 0 saturated carbocycles. The van der Waals surface area contributed by atoms with Crippen molar-refractivity contribution in [2.45, 2.75) is 26.4 Å². The number of aromatic nitrogens is 3. The Morgan fingerprint density at radius 3 is 2.75 bits per heavy atom. The van der Waals surface area contributed by atoms with Crippen LogP contribution in [0.4, 0.5) is 5.69 Å². The van der Waals surface area contributed by atoms with Crippen molar-refractivity contribution in [1.29, 1.82) is 0 Å². The minimum Gasteiger partial charge on any atom is -0.366 e. The molecule has 0 radical (unpaired) electrons. The van der Waals surface area contributed by atoms with Crippen LogP contribution in [0.2, 0.25) is 0 Å². The van der Waals surface area contributed by atoms with Crippen molar-refractivity contribution in [2.75, 3.05) is 11.9 Å². The molecule has 106 valence electrons. The molecule has 1 N–H and O–H groups in total. The van der Waals surface area contributed by atoms with Crippen molar-refractivity contribution in [2.24, 2.45) is 0 Å². The number of nitrogens with one attached hydrogen (secondary N) is 1. The molecule has 0 aliphatic heterocycles. The molecule has 2 rings (SSSR count). The quantitative estimate of drug-likeness (QED) is 0.926. The van der Waals surface area contributed by atoms with E-state index in [4.69, 9.17) is 4.74 Å². The zero-order valence-electron chi connectivity index (χ0n) is 11.8. The molecular formula is C14H18N4O2. The van der Waals surface area contributed by atoms with Crippen molar-refractivity contribution in [3.63, 3.8) is 0 Å². The molecule has 0 unspecified atom stereocenters. The van der Waals surface area contributed by atoms with Crippen molar-refractivity contribution < 1.29 is 9.53 Å². The highest BCUT2D eigenvalue weighted by atomic mass is 16.5. The van der Waals surface area contributed by atoms with Crippen LogP contribution >= 0.6 is 0 Å². The second kappa shape index (κ2) is 5.83. The third-order valence-corrected chi connectivity index (χ3v) is 2.48. The average molecular weight is 274 g/mol. The van der Waals surface area contributed by atoms with Crippen LogP contribution in [0.1, 0.15) is 20.8 Å². The Morgan fingerprint density at radius 1 is 1.35 bits per heavy atom. The summed E-state index contributed by atoms with van der Waals surface area (Å²) >= 11 is 0. The van der Waals surface area contributed by atoms with Crippen LogP contribution in [0.25, 0.3) is 5.69 Å². The zero-order valence-corrected chi connectivity index (χ0v) is 11.8. The second-order valence-corrected chi connectivity index (χ2v) is 5.31. The van der Waals surface area contributed by atoms with E-state index < -0.39 is 0 Å². The van der Waals surface area contributed by atoms with E-state index in [0.717, 1.165) is 5.69 Å². The molecule has 1 amide bonds. The Hall–Kier alpha value is -2.21. The van der Waals surface area contributed by atoms with E-state index in [2.05, 4.69) is 15.4 Å². The van der Waals surface area contributed by atoms with Gasteiger partial charge in [0.2, 0.25) is 5.91 Å². The van der Waals surface area contributed by atoms with Crippen LogP contribution in [0, 0.1) is 0 Å². The molecule has 1 heterocycles. The summed E-state index contributed by atoms with van der Waals surface area (Å²) in [5, 5.41) is 6.88. The molecule has 0 fully saturated rings. The van der Waals surface area contributed by atoms with E-state index in [1.807, 2.05) is 45.0 Å². The van der Waals surface area contributed by atoms with E-state index in [-0.39, 0.29) is 18.1 Å². The van der Waals surface area contributed by atoms with Crippen molar-refractivity contribution in [1.82, 2.24) is 14.8 Å². The number of para-hydroxylation sites is 2. The first-order chi connectivity index (χ1) is 9.46. The molecule has 1 aromatic carbocycles. The summed E-state index contributed by atoms with van der Waals surface area (Å²) in [6, 6.07) is 7.39. The van der Waals surface area contributed by atoms with Gasteiger partial charge in [-0.2, -0.15) is 5.10 Å². The lowest BCUT2D eigenvalue weighted by molar-refractivity contribution is -0.125. The topological polar surface area (TPSA) is 69.0 Å². The van der Waals surface area contributed by atoms with E-state index in [1.54, 1.807) is 11.0 Å².